The van der Waals surface area contributed by atoms with Gasteiger partial charge in [0.2, 0.25) is 0 Å². The number of pyridine rings is 1. The van der Waals surface area contributed by atoms with Crippen LogP contribution in [0.3, 0.4) is 0 Å². The standard InChI is InChI=1S/C21H15N3O3/c25-20-16(9-18-15-5-7-27-21(26)17(15)11-23-18)14-4-3-12(8-19(14)24-20)13-2-1-6-22-10-13/h1-4,6,8-11,23H,5,7H2,(H,24,25). The average Bonchev–Trinajstić information content (AvgIpc) is 3.24. The summed E-state index contributed by atoms with van der Waals surface area (Å²) in [6.45, 7) is 0.358. The zero-order valence-electron chi connectivity index (χ0n) is 14.3. The van der Waals surface area contributed by atoms with E-state index in [-0.39, 0.29) is 11.9 Å². The number of rotatable bonds is 2. The molecular formula is C21H15N3O3. The number of H-pyrrole nitrogens is 1. The number of fused-ring (bicyclic) bond motifs is 2. The average molecular weight is 357 g/mol. The maximum absolute atomic E-state index is 12.5. The lowest BCUT2D eigenvalue weighted by atomic mass is 9.99. The summed E-state index contributed by atoms with van der Waals surface area (Å²) in [5.74, 6) is -0.482. The van der Waals surface area contributed by atoms with Crippen molar-refractivity contribution in [2.24, 2.45) is 0 Å². The van der Waals surface area contributed by atoms with Crippen LogP contribution in [0.1, 0.15) is 27.2 Å². The first-order chi connectivity index (χ1) is 13.2. The van der Waals surface area contributed by atoms with Gasteiger partial charge in [-0.3, -0.25) is 9.78 Å². The summed E-state index contributed by atoms with van der Waals surface area (Å²) in [6.07, 6.45) is 7.61. The van der Waals surface area contributed by atoms with Crippen molar-refractivity contribution in [1.82, 2.24) is 9.97 Å². The molecule has 0 saturated heterocycles. The van der Waals surface area contributed by atoms with Gasteiger partial charge in [-0.15, -0.1) is 0 Å². The Bertz CT molecular complexity index is 1110. The Morgan fingerprint density at radius 1 is 1.11 bits per heavy atom. The molecule has 0 bridgehead atoms. The Balaban J connectivity index is 1.56. The van der Waals surface area contributed by atoms with Crippen LogP contribution in [0.15, 0.2) is 48.9 Å². The van der Waals surface area contributed by atoms with Crippen LogP contribution >= 0.6 is 0 Å². The first-order valence-electron chi connectivity index (χ1n) is 8.66. The maximum atomic E-state index is 12.5. The number of benzene rings is 1. The summed E-state index contributed by atoms with van der Waals surface area (Å²) in [5.41, 5.74) is 6.38. The predicted molar refractivity (Wildman–Crippen MR) is 101 cm³/mol. The third-order valence-corrected chi connectivity index (χ3v) is 4.91. The number of ether oxygens (including phenoxy) is 1. The smallest absolute Gasteiger partial charge is 0.339 e. The summed E-state index contributed by atoms with van der Waals surface area (Å²) >= 11 is 0. The van der Waals surface area contributed by atoms with Crippen LogP contribution in [-0.2, 0) is 16.0 Å². The van der Waals surface area contributed by atoms with Gasteiger partial charge >= 0.3 is 5.97 Å². The fraction of sp³-hybridized carbons (Fsp3) is 0.0952. The Morgan fingerprint density at radius 2 is 2.04 bits per heavy atom. The van der Waals surface area contributed by atoms with E-state index in [4.69, 9.17) is 4.74 Å². The summed E-state index contributed by atoms with van der Waals surface area (Å²) < 4.78 is 5.06. The molecule has 0 fully saturated rings. The molecule has 27 heavy (non-hydrogen) atoms. The van der Waals surface area contributed by atoms with Gasteiger partial charge in [0, 0.05) is 47.5 Å². The molecule has 1 amide bonds. The van der Waals surface area contributed by atoms with Gasteiger partial charge in [-0.25, -0.2) is 4.79 Å². The van der Waals surface area contributed by atoms with Gasteiger partial charge in [0.15, 0.2) is 0 Å². The fourth-order valence-electron chi connectivity index (χ4n) is 3.57. The monoisotopic (exact) mass is 357 g/mol. The molecule has 0 aliphatic carbocycles. The first kappa shape index (κ1) is 15.6. The van der Waals surface area contributed by atoms with Crippen molar-refractivity contribution in [1.29, 1.82) is 0 Å². The van der Waals surface area contributed by atoms with Crippen LogP contribution in [-0.4, -0.2) is 28.5 Å². The third-order valence-electron chi connectivity index (χ3n) is 4.91. The summed E-state index contributed by atoms with van der Waals surface area (Å²) in [4.78, 5) is 31.6. The number of carbonyl (C=O) groups is 2. The van der Waals surface area contributed by atoms with Gasteiger partial charge in [0.05, 0.1) is 17.7 Å². The maximum Gasteiger partial charge on any atom is 0.339 e. The lowest BCUT2D eigenvalue weighted by Gasteiger charge is -2.12. The number of carbonyl (C=O) groups excluding carboxylic acids is 2. The van der Waals surface area contributed by atoms with E-state index in [1.165, 1.54) is 0 Å². The van der Waals surface area contributed by atoms with E-state index in [2.05, 4.69) is 15.3 Å². The van der Waals surface area contributed by atoms with Crippen molar-refractivity contribution in [3.8, 4) is 11.1 Å². The highest BCUT2D eigenvalue weighted by molar-refractivity contribution is 6.35. The number of esters is 1. The van der Waals surface area contributed by atoms with Gasteiger partial charge in [-0.1, -0.05) is 18.2 Å². The van der Waals surface area contributed by atoms with Crippen molar-refractivity contribution in [2.75, 3.05) is 11.9 Å². The number of hydrogen-bond acceptors (Lipinski definition) is 4. The molecule has 0 unspecified atom stereocenters. The topological polar surface area (TPSA) is 84.1 Å². The van der Waals surface area contributed by atoms with E-state index in [0.717, 1.165) is 33.6 Å². The second-order valence-corrected chi connectivity index (χ2v) is 6.49. The highest BCUT2D eigenvalue weighted by atomic mass is 16.5. The second-order valence-electron chi connectivity index (χ2n) is 6.49. The minimum atomic E-state index is -0.325. The van der Waals surface area contributed by atoms with Crippen molar-refractivity contribution in [3.63, 3.8) is 0 Å². The number of amides is 1. The molecule has 0 saturated carbocycles. The van der Waals surface area contributed by atoms with Crippen LogP contribution in [0.25, 0.3) is 22.8 Å². The number of nitrogens with one attached hydrogen (secondary N) is 2. The number of nitrogens with zero attached hydrogens (tertiary/aromatic N) is 1. The van der Waals surface area contributed by atoms with E-state index in [1.54, 1.807) is 18.6 Å². The molecule has 2 aliphatic heterocycles. The van der Waals surface area contributed by atoms with Crippen molar-refractivity contribution in [2.45, 2.75) is 6.42 Å². The van der Waals surface area contributed by atoms with Crippen molar-refractivity contribution in [3.05, 3.63) is 71.3 Å². The summed E-state index contributed by atoms with van der Waals surface area (Å²) in [7, 11) is 0. The molecule has 132 valence electrons. The van der Waals surface area contributed by atoms with E-state index in [0.29, 0.717) is 24.2 Å². The molecule has 0 spiro atoms. The fourth-order valence-corrected chi connectivity index (χ4v) is 3.57. The molecule has 2 aromatic heterocycles. The van der Waals surface area contributed by atoms with Gasteiger partial charge in [0.1, 0.15) is 0 Å². The molecule has 2 aliphatic rings. The molecule has 6 nitrogen and oxygen atoms in total. The van der Waals surface area contributed by atoms with E-state index >= 15 is 0 Å². The minimum Gasteiger partial charge on any atom is -0.462 e. The van der Waals surface area contributed by atoms with E-state index < -0.39 is 0 Å². The van der Waals surface area contributed by atoms with Crippen LogP contribution in [0.4, 0.5) is 5.69 Å². The molecule has 2 N–H and O–H groups in total. The quantitative estimate of drug-likeness (QED) is 0.544. The Hall–Kier alpha value is -3.67. The van der Waals surface area contributed by atoms with Gasteiger partial charge in [-0.05, 0) is 29.3 Å². The van der Waals surface area contributed by atoms with Crippen molar-refractivity contribution < 1.29 is 14.3 Å². The zero-order chi connectivity index (χ0) is 18.4. The molecule has 4 heterocycles. The number of aromatic nitrogens is 2. The van der Waals surface area contributed by atoms with Crippen LogP contribution in [0.5, 0.6) is 0 Å². The molecule has 0 radical (unpaired) electrons. The molecule has 3 aromatic rings. The van der Waals surface area contributed by atoms with Crippen molar-refractivity contribution >= 4 is 29.2 Å². The molecule has 0 atom stereocenters. The Morgan fingerprint density at radius 3 is 2.89 bits per heavy atom. The number of hydrogen-bond donors (Lipinski definition) is 2. The Labute approximate surface area is 154 Å². The molecular weight excluding hydrogens is 342 g/mol. The molecule has 5 rings (SSSR count). The van der Waals surface area contributed by atoms with E-state index in [9.17, 15) is 9.59 Å². The largest absolute Gasteiger partial charge is 0.462 e. The van der Waals surface area contributed by atoms with Crippen LogP contribution in [0.2, 0.25) is 0 Å². The molecule has 1 aromatic carbocycles. The number of anilines is 1. The second kappa shape index (κ2) is 5.95. The Kier molecular flexibility index (Phi) is 3.43. The van der Waals surface area contributed by atoms with Crippen LogP contribution < -0.4 is 5.32 Å². The van der Waals surface area contributed by atoms with E-state index in [1.807, 2.05) is 36.4 Å². The third kappa shape index (κ3) is 2.54. The highest BCUT2D eigenvalue weighted by Crippen LogP contribution is 2.36. The number of cyclic esters (lactones) is 1. The molecule has 6 heteroatoms. The lowest BCUT2D eigenvalue weighted by molar-refractivity contribution is -0.110. The van der Waals surface area contributed by atoms with Gasteiger partial charge < -0.3 is 15.0 Å². The normalized spacial score (nSPS) is 16.7. The summed E-state index contributed by atoms with van der Waals surface area (Å²) in [5, 5.41) is 2.93. The minimum absolute atomic E-state index is 0.157. The van der Waals surface area contributed by atoms with Gasteiger partial charge in [0.25, 0.3) is 5.91 Å². The van der Waals surface area contributed by atoms with Gasteiger partial charge in [-0.2, -0.15) is 0 Å². The number of aromatic amines is 1. The lowest BCUT2D eigenvalue weighted by Crippen LogP contribution is -2.16. The predicted octanol–water partition coefficient (Wildman–Crippen LogP) is 3.28. The van der Waals surface area contributed by atoms with Crippen LogP contribution in [0, 0.1) is 0 Å². The zero-order valence-corrected chi connectivity index (χ0v) is 14.3. The highest BCUT2D eigenvalue weighted by Gasteiger charge is 2.27. The SMILES string of the molecule is O=C1Nc2cc(-c3cccnc3)ccc2C1=Cc1[nH]cc2c1CCOC2=O. The first-order valence-corrected chi connectivity index (χ1v) is 8.66. The summed E-state index contributed by atoms with van der Waals surface area (Å²) in [6, 6.07) is 9.72.